The Hall–Kier alpha value is -3.94. The number of nitrogens with zero attached hydrogens (tertiary/aromatic N) is 8. The molecule has 1 aliphatic heterocycles. The van der Waals surface area contributed by atoms with E-state index in [0.29, 0.717) is 22.9 Å². The Morgan fingerprint density at radius 3 is 2.81 bits per heavy atom. The van der Waals surface area contributed by atoms with Crippen molar-refractivity contribution in [3.8, 4) is 23.1 Å². The monoisotopic (exact) mass is 517 g/mol. The zero-order valence-electron chi connectivity index (χ0n) is 20.9. The predicted octanol–water partition coefficient (Wildman–Crippen LogP) is 4.15. The summed E-state index contributed by atoms with van der Waals surface area (Å²) in [6, 6.07) is 6.58. The van der Waals surface area contributed by atoms with E-state index in [1.807, 2.05) is 54.1 Å². The molecule has 0 spiro atoms. The Labute approximate surface area is 220 Å². The van der Waals surface area contributed by atoms with Gasteiger partial charge in [-0.15, -0.1) is 17.5 Å². The van der Waals surface area contributed by atoms with Gasteiger partial charge in [0.1, 0.15) is 34.7 Å². The van der Waals surface area contributed by atoms with Crippen molar-refractivity contribution < 1.29 is 4.74 Å². The summed E-state index contributed by atoms with van der Waals surface area (Å²) >= 11 is 0. The van der Waals surface area contributed by atoms with E-state index in [2.05, 4.69) is 44.8 Å². The van der Waals surface area contributed by atoms with E-state index < -0.39 is 0 Å². The van der Waals surface area contributed by atoms with Crippen LogP contribution in [0.3, 0.4) is 0 Å². The largest absolute Gasteiger partial charge is 0.484 e. The number of aromatic nitrogens is 7. The van der Waals surface area contributed by atoms with Gasteiger partial charge in [-0.25, -0.2) is 9.20 Å². The van der Waals surface area contributed by atoms with Crippen molar-refractivity contribution >= 4 is 28.8 Å². The van der Waals surface area contributed by atoms with Crippen LogP contribution in [-0.4, -0.2) is 47.2 Å². The minimum Gasteiger partial charge on any atom is -0.484 e. The summed E-state index contributed by atoms with van der Waals surface area (Å²) < 4.78 is 12.3. The quantitative estimate of drug-likeness (QED) is 0.373. The molecule has 0 bridgehead atoms. The van der Waals surface area contributed by atoms with Crippen LogP contribution < -0.4 is 10.1 Å². The highest BCUT2D eigenvalue weighted by Gasteiger charge is 2.23. The van der Waals surface area contributed by atoms with Crippen LogP contribution in [0.2, 0.25) is 0 Å². The zero-order valence-corrected chi connectivity index (χ0v) is 21.7. The molecule has 5 aromatic heterocycles. The van der Waals surface area contributed by atoms with E-state index in [1.54, 1.807) is 10.7 Å². The second-order valence-corrected chi connectivity index (χ2v) is 9.35. The molecule has 1 unspecified atom stereocenters. The molecule has 1 aliphatic rings. The number of ether oxygens (including phenoxy) is 1. The highest BCUT2D eigenvalue weighted by atomic mass is 35.5. The van der Waals surface area contributed by atoms with Crippen molar-refractivity contribution in [2.75, 3.05) is 13.1 Å². The molecule has 1 fully saturated rings. The standard InChI is InChI=1S/C26H27N9O.ClH/c1-16-25(31-32-35(16)20-4-7-28-8-5-20)18-10-24(26-19(11-27)12-30-34(26)15-18)36-17(2)22-13-29-14-23-21(22)6-9-33(23)3;/h6,9-10,12-15,17,20,28H,4-5,7-8H2,1-3H3;1H. The summed E-state index contributed by atoms with van der Waals surface area (Å²) in [5.74, 6) is 0.567. The minimum absolute atomic E-state index is 0. The first kappa shape index (κ1) is 24.7. The number of halogens is 1. The topological polar surface area (TPSA) is 111 Å². The summed E-state index contributed by atoms with van der Waals surface area (Å²) in [6.07, 6.45) is 10.9. The number of nitrogens with one attached hydrogen (secondary N) is 1. The van der Waals surface area contributed by atoms with Crippen molar-refractivity contribution in [2.45, 2.75) is 38.8 Å². The fourth-order valence-electron chi connectivity index (χ4n) is 5.17. The lowest BCUT2D eigenvalue weighted by molar-refractivity contribution is 0.230. The fourth-order valence-corrected chi connectivity index (χ4v) is 5.17. The number of piperidine rings is 1. The van der Waals surface area contributed by atoms with Crippen LogP contribution in [-0.2, 0) is 7.05 Å². The van der Waals surface area contributed by atoms with Crippen LogP contribution >= 0.6 is 12.4 Å². The maximum absolute atomic E-state index is 9.72. The third-order valence-corrected chi connectivity index (χ3v) is 7.14. The third-order valence-electron chi connectivity index (χ3n) is 7.14. The van der Waals surface area contributed by atoms with Gasteiger partial charge >= 0.3 is 0 Å². The Kier molecular flexibility index (Phi) is 6.58. The number of rotatable bonds is 5. The molecule has 1 saturated heterocycles. The average Bonchev–Trinajstić information content (AvgIpc) is 3.61. The Morgan fingerprint density at radius 2 is 2.03 bits per heavy atom. The number of hydrogen-bond acceptors (Lipinski definition) is 7. The Morgan fingerprint density at radius 1 is 1.22 bits per heavy atom. The van der Waals surface area contributed by atoms with Gasteiger partial charge in [0.25, 0.3) is 0 Å². The Bertz CT molecular complexity index is 1620. The Balaban J connectivity index is 0.00000280. The van der Waals surface area contributed by atoms with E-state index in [9.17, 15) is 5.26 Å². The molecule has 5 aromatic rings. The van der Waals surface area contributed by atoms with Crippen LogP contribution in [0.1, 0.15) is 48.7 Å². The molecule has 0 saturated carbocycles. The molecule has 10 nitrogen and oxygen atoms in total. The van der Waals surface area contributed by atoms with Gasteiger partial charge in [0, 0.05) is 42.2 Å². The first-order chi connectivity index (χ1) is 17.5. The summed E-state index contributed by atoms with van der Waals surface area (Å²) in [5, 5.41) is 27.7. The average molecular weight is 518 g/mol. The summed E-state index contributed by atoms with van der Waals surface area (Å²) in [4.78, 5) is 4.42. The number of nitriles is 1. The molecular formula is C26H28ClN9O. The van der Waals surface area contributed by atoms with Gasteiger partial charge in [0.05, 0.1) is 29.6 Å². The second kappa shape index (κ2) is 9.84. The number of aryl methyl sites for hydroxylation is 1. The summed E-state index contributed by atoms with van der Waals surface area (Å²) in [7, 11) is 2.00. The van der Waals surface area contributed by atoms with Gasteiger partial charge < -0.3 is 14.6 Å². The molecule has 0 aliphatic carbocycles. The molecule has 190 valence electrons. The SMILES string of the molecule is Cc1c(-c2cc(OC(C)c3cncc4c3ccn4C)c3c(C#N)cnn3c2)nnn1C1CCNCC1.Cl. The van der Waals surface area contributed by atoms with Crippen molar-refractivity contribution in [3.05, 3.63) is 59.9 Å². The molecule has 1 atom stereocenters. The molecule has 6 rings (SSSR count). The number of hydrogen-bond donors (Lipinski definition) is 1. The van der Waals surface area contributed by atoms with Gasteiger partial charge in [-0.05, 0) is 51.9 Å². The van der Waals surface area contributed by atoms with Crippen LogP contribution in [0.5, 0.6) is 5.75 Å². The molecule has 1 N–H and O–H groups in total. The normalized spacial score (nSPS) is 15.0. The van der Waals surface area contributed by atoms with Crippen LogP contribution in [0.25, 0.3) is 27.7 Å². The molecule has 0 aromatic carbocycles. The van der Waals surface area contributed by atoms with Crippen molar-refractivity contribution in [2.24, 2.45) is 7.05 Å². The minimum atomic E-state index is -0.310. The van der Waals surface area contributed by atoms with E-state index in [4.69, 9.17) is 4.74 Å². The molecule has 37 heavy (non-hydrogen) atoms. The predicted molar refractivity (Wildman–Crippen MR) is 142 cm³/mol. The van der Waals surface area contributed by atoms with Gasteiger partial charge in [-0.3, -0.25) is 4.98 Å². The van der Waals surface area contributed by atoms with Crippen molar-refractivity contribution in [1.82, 2.24) is 39.5 Å². The second-order valence-electron chi connectivity index (χ2n) is 9.35. The first-order valence-electron chi connectivity index (χ1n) is 12.1. The van der Waals surface area contributed by atoms with Gasteiger partial charge in [-0.1, -0.05) is 5.21 Å². The molecule has 0 radical (unpaired) electrons. The molecule has 11 heteroatoms. The lowest BCUT2D eigenvalue weighted by atomic mass is 10.1. The van der Waals surface area contributed by atoms with Gasteiger partial charge in [0.15, 0.2) is 0 Å². The van der Waals surface area contributed by atoms with E-state index in [0.717, 1.165) is 59.3 Å². The number of pyridine rings is 2. The molecular weight excluding hydrogens is 490 g/mol. The fraction of sp³-hybridized carbons (Fsp3) is 0.346. The van der Waals surface area contributed by atoms with E-state index in [-0.39, 0.29) is 18.5 Å². The lowest BCUT2D eigenvalue weighted by Crippen LogP contribution is -2.30. The van der Waals surface area contributed by atoms with E-state index >= 15 is 0 Å². The van der Waals surface area contributed by atoms with Crippen LogP contribution in [0.4, 0.5) is 0 Å². The first-order valence-corrected chi connectivity index (χ1v) is 12.1. The highest BCUT2D eigenvalue weighted by Crippen LogP contribution is 2.35. The summed E-state index contributed by atoms with van der Waals surface area (Å²) in [6.45, 7) is 6.01. The van der Waals surface area contributed by atoms with Gasteiger partial charge in [-0.2, -0.15) is 10.4 Å². The van der Waals surface area contributed by atoms with Crippen molar-refractivity contribution in [1.29, 1.82) is 5.26 Å². The zero-order chi connectivity index (χ0) is 24.8. The van der Waals surface area contributed by atoms with Crippen molar-refractivity contribution in [3.63, 3.8) is 0 Å². The maximum Gasteiger partial charge on any atom is 0.148 e. The van der Waals surface area contributed by atoms with Gasteiger partial charge in [0.2, 0.25) is 0 Å². The maximum atomic E-state index is 9.72. The van der Waals surface area contributed by atoms with Crippen LogP contribution in [0.15, 0.2) is 43.1 Å². The smallest absolute Gasteiger partial charge is 0.148 e. The number of fused-ring (bicyclic) bond motifs is 2. The third kappa shape index (κ3) is 4.20. The lowest BCUT2D eigenvalue weighted by Gasteiger charge is -2.23. The van der Waals surface area contributed by atoms with E-state index in [1.165, 1.54) is 0 Å². The highest BCUT2D eigenvalue weighted by molar-refractivity contribution is 5.85. The van der Waals surface area contributed by atoms with Crippen LogP contribution in [0, 0.1) is 18.3 Å². The summed E-state index contributed by atoms with van der Waals surface area (Å²) in [5.41, 5.74) is 5.72. The molecule has 6 heterocycles. The molecule has 0 amide bonds.